The predicted molar refractivity (Wildman–Crippen MR) is 75.7 cm³/mol. The first kappa shape index (κ1) is 16.0. The predicted octanol–water partition coefficient (Wildman–Crippen LogP) is -0.453. The molecule has 2 N–H and O–H groups in total. The molecule has 2 aliphatic carbocycles. The number of hydrogen-bond acceptors (Lipinski definition) is 5. The van der Waals surface area contributed by atoms with Crippen molar-refractivity contribution in [3.63, 3.8) is 0 Å². The molecule has 0 aliphatic heterocycles. The quantitative estimate of drug-likeness (QED) is 0.341. The van der Waals surface area contributed by atoms with Crippen molar-refractivity contribution in [3.8, 4) is 0 Å². The normalized spacial score (nSPS) is 29.9. The summed E-state index contributed by atoms with van der Waals surface area (Å²) in [5.41, 5.74) is 0. The number of carbonyl (C=O) groups excluding carboxylic acids is 2. The summed E-state index contributed by atoms with van der Waals surface area (Å²) in [7, 11) is -3.78. The fourth-order valence-electron chi connectivity index (χ4n) is 2.94. The number of allylic oxidation sites excluding steroid dienone is 1. The molecule has 0 radical (unpaired) electrons. The Morgan fingerprint density at radius 2 is 1.95 bits per heavy atom. The van der Waals surface area contributed by atoms with Crippen molar-refractivity contribution in [2.75, 3.05) is 5.75 Å². The van der Waals surface area contributed by atoms with Crippen LogP contribution in [0, 0.1) is 11.8 Å². The molecule has 2 amide bonds. The largest absolute Gasteiger partial charge is 0.354 e. The number of hydrogen-bond donors (Lipinski definition) is 2. The van der Waals surface area contributed by atoms with Crippen molar-refractivity contribution < 1.29 is 22.2 Å². The molecule has 0 aromatic rings. The van der Waals surface area contributed by atoms with Crippen LogP contribution in [-0.2, 0) is 23.9 Å². The maximum Gasteiger partial charge on any atom is 0.269 e. The van der Waals surface area contributed by atoms with Gasteiger partial charge in [0, 0.05) is 12.0 Å². The molecule has 2 rings (SSSR count). The fraction of sp³-hybridized carbons (Fsp3) is 0.692. The average molecular weight is 316 g/mol. The van der Waals surface area contributed by atoms with Crippen LogP contribution in [0.4, 0.5) is 0 Å². The molecule has 7 nitrogen and oxygen atoms in total. The van der Waals surface area contributed by atoms with E-state index in [-0.39, 0.29) is 17.8 Å². The molecule has 0 spiro atoms. The summed E-state index contributed by atoms with van der Waals surface area (Å²) in [6.07, 6.45) is 6.35. The van der Waals surface area contributed by atoms with E-state index in [1.54, 1.807) is 6.92 Å². The SMILES string of the molecule is CC(NC=O)C(CS(=O)(=O)OC1CC2C=CC1C2)NC=O. The van der Waals surface area contributed by atoms with Gasteiger partial charge in [0.2, 0.25) is 12.8 Å². The Morgan fingerprint density at radius 3 is 2.48 bits per heavy atom. The van der Waals surface area contributed by atoms with Crippen molar-refractivity contribution in [1.82, 2.24) is 10.6 Å². The maximum atomic E-state index is 12.1. The van der Waals surface area contributed by atoms with Crippen molar-refractivity contribution in [3.05, 3.63) is 12.2 Å². The Labute approximate surface area is 124 Å². The summed E-state index contributed by atoms with van der Waals surface area (Å²) in [4.78, 5) is 21.0. The highest BCUT2D eigenvalue weighted by atomic mass is 32.2. The van der Waals surface area contributed by atoms with E-state index in [1.165, 1.54) is 0 Å². The van der Waals surface area contributed by atoms with E-state index >= 15 is 0 Å². The third kappa shape index (κ3) is 4.04. The molecule has 5 atom stereocenters. The molecule has 0 aromatic carbocycles. The van der Waals surface area contributed by atoms with Gasteiger partial charge in [-0.3, -0.25) is 13.8 Å². The van der Waals surface area contributed by atoms with Crippen LogP contribution >= 0.6 is 0 Å². The molecule has 2 aliphatic rings. The zero-order chi connectivity index (χ0) is 15.5. The summed E-state index contributed by atoms with van der Waals surface area (Å²) in [6, 6.07) is -1.24. The van der Waals surface area contributed by atoms with Gasteiger partial charge in [-0.2, -0.15) is 8.42 Å². The van der Waals surface area contributed by atoms with E-state index in [4.69, 9.17) is 4.18 Å². The fourth-order valence-corrected chi connectivity index (χ4v) is 4.44. The van der Waals surface area contributed by atoms with Crippen LogP contribution in [0.25, 0.3) is 0 Å². The zero-order valence-corrected chi connectivity index (χ0v) is 12.6. The van der Waals surface area contributed by atoms with E-state index < -0.39 is 22.2 Å². The van der Waals surface area contributed by atoms with Crippen molar-refractivity contribution in [2.45, 2.75) is 38.0 Å². The third-order valence-electron chi connectivity index (χ3n) is 4.09. The van der Waals surface area contributed by atoms with Gasteiger partial charge in [-0.15, -0.1) is 0 Å². The standard InChI is InChI=1S/C13H20N2O5S/c1-9(14-7-16)12(15-8-17)6-21(18,19)20-13-5-10-2-3-11(13)4-10/h2-3,7-13H,4-6H2,1H3,(H,14,16)(H,15,17). The lowest BCUT2D eigenvalue weighted by Gasteiger charge is -2.24. The number of nitrogens with one attached hydrogen (secondary N) is 2. The summed E-state index contributed by atoms with van der Waals surface area (Å²) in [5, 5.41) is 4.85. The summed E-state index contributed by atoms with van der Waals surface area (Å²) in [5.74, 6) is 0.202. The van der Waals surface area contributed by atoms with Crippen LogP contribution in [0.15, 0.2) is 12.2 Å². The second-order valence-electron chi connectivity index (χ2n) is 5.60. The van der Waals surface area contributed by atoms with Crippen LogP contribution in [0.3, 0.4) is 0 Å². The molecule has 21 heavy (non-hydrogen) atoms. The minimum absolute atomic E-state index is 0.160. The van der Waals surface area contributed by atoms with E-state index in [0.717, 1.165) is 6.42 Å². The van der Waals surface area contributed by atoms with Gasteiger partial charge in [-0.25, -0.2) is 0 Å². The van der Waals surface area contributed by atoms with Crippen LogP contribution in [0.5, 0.6) is 0 Å². The van der Waals surface area contributed by atoms with E-state index in [0.29, 0.717) is 25.2 Å². The summed E-state index contributed by atoms with van der Waals surface area (Å²) < 4.78 is 29.6. The van der Waals surface area contributed by atoms with E-state index in [2.05, 4.69) is 16.7 Å². The van der Waals surface area contributed by atoms with Crippen molar-refractivity contribution >= 4 is 22.9 Å². The second-order valence-corrected chi connectivity index (χ2v) is 7.24. The van der Waals surface area contributed by atoms with Crippen LogP contribution in [0.1, 0.15) is 19.8 Å². The maximum absolute atomic E-state index is 12.1. The third-order valence-corrected chi connectivity index (χ3v) is 5.40. The summed E-state index contributed by atoms with van der Waals surface area (Å²) >= 11 is 0. The average Bonchev–Trinajstić information content (AvgIpc) is 3.00. The second kappa shape index (κ2) is 6.57. The number of rotatable bonds is 9. The van der Waals surface area contributed by atoms with Crippen molar-refractivity contribution in [1.29, 1.82) is 0 Å². The van der Waals surface area contributed by atoms with E-state index in [9.17, 15) is 18.0 Å². The molecule has 8 heteroatoms. The van der Waals surface area contributed by atoms with Gasteiger partial charge in [0.15, 0.2) is 0 Å². The molecular formula is C13H20N2O5S. The van der Waals surface area contributed by atoms with Crippen molar-refractivity contribution in [2.24, 2.45) is 11.8 Å². The summed E-state index contributed by atoms with van der Waals surface area (Å²) in [6.45, 7) is 1.62. The molecule has 118 valence electrons. The number of carbonyl (C=O) groups is 2. The Morgan fingerprint density at radius 1 is 1.24 bits per heavy atom. The lowest BCUT2D eigenvalue weighted by atomic mass is 10.1. The van der Waals surface area contributed by atoms with Gasteiger partial charge in [0.25, 0.3) is 10.1 Å². The molecule has 0 saturated heterocycles. The molecule has 1 fully saturated rings. The molecule has 2 bridgehead atoms. The molecule has 1 saturated carbocycles. The number of fused-ring (bicyclic) bond motifs is 2. The van der Waals surface area contributed by atoms with Crippen LogP contribution in [0.2, 0.25) is 0 Å². The highest BCUT2D eigenvalue weighted by molar-refractivity contribution is 7.86. The molecule has 5 unspecified atom stereocenters. The zero-order valence-electron chi connectivity index (χ0n) is 11.8. The first-order chi connectivity index (χ1) is 9.95. The molecular weight excluding hydrogens is 296 g/mol. The first-order valence-corrected chi connectivity index (χ1v) is 8.51. The monoisotopic (exact) mass is 316 g/mol. The Balaban J connectivity index is 1.96. The molecule has 0 heterocycles. The minimum Gasteiger partial charge on any atom is -0.354 e. The van der Waals surface area contributed by atoms with Gasteiger partial charge in [0.1, 0.15) is 0 Å². The lowest BCUT2D eigenvalue weighted by Crippen LogP contribution is -2.49. The smallest absolute Gasteiger partial charge is 0.269 e. The van der Waals surface area contributed by atoms with Gasteiger partial charge >= 0.3 is 0 Å². The minimum atomic E-state index is -3.78. The Bertz CT molecular complexity index is 519. The number of amides is 2. The topological polar surface area (TPSA) is 102 Å². The van der Waals surface area contributed by atoms with Gasteiger partial charge in [0.05, 0.1) is 17.9 Å². The van der Waals surface area contributed by atoms with Gasteiger partial charge in [-0.1, -0.05) is 12.2 Å². The molecule has 0 aromatic heterocycles. The lowest BCUT2D eigenvalue weighted by molar-refractivity contribution is -0.112. The Hall–Kier alpha value is -1.41. The van der Waals surface area contributed by atoms with Crippen LogP contribution in [-0.4, -0.2) is 45.2 Å². The first-order valence-electron chi connectivity index (χ1n) is 6.94. The van der Waals surface area contributed by atoms with Crippen LogP contribution < -0.4 is 10.6 Å². The Kier molecular flexibility index (Phi) is 5.00. The highest BCUT2D eigenvalue weighted by Crippen LogP contribution is 2.41. The van der Waals surface area contributed by atoms with E-state index in [1.807, 2.05) is 6.08 Å². The van der Waals surface area contributed by atoms with Gasteiger partial charge in [-0.05, 0) is 25.7 Å². The van der Waals surface area contributed by atoms with Gasteiger partial charge < -0.3 is 10.6 Å². The highest BCUT2D eigenvalue weighted by Gasteiger charge is 2.39.